The van der Waals surface area contributed by atoms with Gasteiger partial charge in [-0.15, -0.1) is 0 Å². The highest BCUT2D eigenvalue weighted by Gasteiger charge is 2.24. The first-order chi connectivity index (χ1) is 8.70. The Morgan fingerprint density at radius 2 is 2.44 bits per heavy atom. The summed E-state index contributed by atoms with van der Waals surface area (Å²) in [5.41, 5.74) is 2.60. The Bertz CT molecular complexity index is 426. The third-order valence-electron chi connectivity index (χ3n) is 3.07. The highest BCUT2D eigenvalue weighted by Crippen LogP contribution is 2.19. The second-order valence-electron chi connectivity index (χ2n) is 4.27. The predicted molar refractivity (Wildman–Crippen MR) is 65.7 cm³/mol. The van der Waals surface area contributed by atoms with Crippen LogP contribution in [-0.4, -0.2) is 35.1 Å². The van der Waals surface area contributed by atoms with Crippen LogP contribution in [-0.2, 0) is 4.74 Å². The van der Waals surface area contributed by atoms with Crippen LogP contribution in [0.5, 0.6) is 0 Å². The van der Waals surface area contributed by atoms with Crippen LogP contribution < -0.4 is 16.6 Å². The first kappa shape index (κ1) is 12.7. The van der Waals surface area contributed by atoms with Crippen molar-refractivity contribution in [2.24, 2.45) is 11.8 Å². The molecule has 0 aromatic carbocycles. The van der Waals surface area contributed by atoms with Gasteiger partial charge in [0.15, 0.2) is 5.82 Å². The van der Waals surface area contributed by atoms with Gasteiger partial charge in [-0.1, -0.05) is 0 Å². The molecule has 2 atom stereocenters. The molecule has 2 heterocycles. The van der Waals surface area contributed by atoms with E-state index >= 15 is 0 Å². The number of aromatic nitrogens is 2. The minimum absolute atomic E-state index is 0.188. The summed E-state index contributed by atoms with van der Waals surface area (Å²) in [4.78, 5) is 19.7. The van der Waals surface area contributed by atoms with E-state index in [4.69, 9.17) is 10.6 Å². The van der Waals surface area contributed by atoms with Gasteiger partial charge in [0, 0.05) is 19.1 Å². The molecular weight excluding hydrogens is 234 g/mol. The van der Waals surface area contributed by atoms with Gasteiger partial charge in [0.05, 0.1) is 18.5 Å². The Morgan fingerprint density at radius 1 is 1.61 bits per heavy atom. The number of hydrogen-bond donors (Lipinski definition) is 3. The summed E-state index contributed by atoms with van der Waals surface area (Å²) in [6.07, 6.45) is 4.01. The molecule has 7 nitrogen and oxygen atoms in total. The van der Waals surface area contributed by atoms with Crippen LogP contribution in [0.3, 0.4) is 0 Å². The summed E-state index contributed by atoms with van der Waals surface area (Å²) < 4.78 is 5.43. The summed E-state index contributed by atoms with van der Waals surface area (Å²) in [7, 11) is 0. The average molecular weight is 251 g/mol. The average Bonchev–Trinajstić information content (AvgIpc) is 2.81. The van der Waals surface area contributed by atoms with Gasteiger partial charge in [0.1, 0.15) is 5.69 Å². The highest BCUT2D eigenvalue weighted by molar-refractivity contribution is 5.92. The molecule has 0 spiro atoms. The van der Waals surface area contributed by atoms with E-state index in [1.165, 1.54) is 12.4 Å². The first-order valence-corrected chi connectivity index (χ1v) is 5.89. The molecule has 1 fully saturated rings. The van der Waals surface area contributed by atoms with Gasteiger partial charge in [-0.3, -0.25) is 9.78 Å². The zero-order valence-electron chi connectivity index (χ0n) is 10.2. The Morgan fingerprint density at radius 3 is 3.11 bits per heavy atom. The third kappa shape index (κ3) is 2.93. The van der Waals surface area contributed by atoms with Crippen molar-refractivity contribution in [3.8, 4) is 0 Å². The fraction of sp³-hybridized carbons (Fsp3) is 0.545. The number of carbonyl (C=O) groups excluding carboxylic acids is 1. The lowest BCUT2D eigenvalue weighted by atomic mass is 10.0. The zero-order chi connectivity index (χ0) is 13.0. The van der Waals surface area contributed by atoms with E-state index in [1.54, 1.807) is 0 Å². The molecule has 0 saturated carbocycles. The van der Waals surface area contributed by atoms with Gasteiger partial charge in [-0.05, 0) is 13.3 Å². The molecule has 0 radical (unpaired) electrons. The topological polar surface area (TPSA) is 102 Å². The summed E-state index contributed by atoms with van der Waals surface area (Å²) in [6, 6.07) is 0. The maximum absolute atomic E-state index is 11.9. The van der Waals surface area contributed by atoms with Crippen molar-refractivity contribution in [1.82, 2.24) is 15.3 Å². The number of ether oxygens (including phenoxy) is 1. The molecule has 1 amide bonds. The molecular formula is C11H17N5O2. The molecule has 4 N–H and O–H groups in total. The molecule has 2 rings (SSSR count). The van der Waals surface area contributed by atoms with Gasteiger partial charge in [0.25, 0.3) is 5.91 Å². The molecule has 18 heavy (non-hydrogen) atoms. The van der Waals surface area contributed by atoms with E-state index in [2.05, 4.69) is 20.7 Å². The van der Waals surface area contributed by atoms with Gasteiger partial charge >= 0.3 is 0 Å². The van der Waals surface area contributed by atoms with Crippen LogP contribution in [0.1, 0.15) is 23.8 Å². The lowest BCUT2D eigenvalue weighted by Crippen LogP contribution is -2.32. The zero-order valence-corrected chi connectivity index (χ0v) is 10.2. The largest absolute Gasteiger partial charge is 0.378 e. The summed E-state index contributed by atoms with van der Waals surface area (Å²) in [5, 5.41) is 2.83. The molecule has 1 aromatic rings. The number of amides is 1. The fourth-order valence-corrected chi connectivity index (χ4v) is 1.90. The lowest BCUT2D eigenvalue weighted by molar-refractivity contribution is 0.0903. The molecule has 1 aliphatic heterocycles. The van der Waals surface area contributed by atoms with E-state index < -0.39 is 0 Å². The molecule has 1 aromatic heterocycles. The Hall–Kier alpha value is -1.73. The third-order valence-corrected chi connectivity index (χ3v) is 3.07. The van der Waals surface area contributed by atoms with E-state index in [9.17, 15) is 4.79 Å². The summed E-state index contributed by atoms with van der Waals surface area (Å²) >= 11 is 0. The van der Waals surface area contributed by atoms with Crippen molar-refractivity contribution in [1.29, 1.82) is 0 Å². The molecule has 7 heteroatoms. The highest BCUT2D eigenvalue weighted by atomic mass is 16.5. The quantitative estimate of drug-likeness (QED) is 0.511. The number of hydrazine groups is 1. The number of rotatable bonds is 4. The monoisotopic (exact) mass is 251 g/mol. The Labute approximate surface area is 105 Å². The number of nitrogens with two attached hydrogens (primary N) is 1. The van der Waals surface area contributed by atoms with Gasteiger partial charge in [0.2, 0.25) is 0 Å². The number of hydrogen-bond acceptors (Lipinski definition) is 6. The number of nitrogen functional groups attached to an aromatic ring is 1. The molecule has 1 aliphatic rings. The van der Waals surface area contributed by atoms with Crippen molar-refractivity contribution in [2.75, 3.05) is 18.6 Å². The Kier molecular flexibility index (Phi) is 4.06. The van der Waals surface area contributed by atoms with Crippen LogP contribution in [0, 0.1) is 5.92 Å². The number of anilines is 1. The van der Waals surface area contributed by atoms with E-state index in [-0.39, 0.29) is 17.7 Å². The first-order valence-electron chi connectivity index (χ1n) is 5.89. The predicted octanol–water partition coefficient (Wildman–Crippen LogP) is -0.0830. The molecule has 98 valence electrons. The van der Waals surface area contributed by atoms with E-state index in [1.807, 2.05) is 6.92 Å². The Balaban J connectivity index is 1.90. The summed E-state index contributed by atoms with van der Waals surface area (Å²) in [6.45, 7) is 3.36. The minimum atomic E-state index is -0.251. The van der Waals surface area contributed by atoms with Gasteiger partial charge in [-0.25, -0.2) is 10.8 Å². The molecule has 2 unspecified atom stereocenters. The fourth-order valence-electron chi connectivity index (χ4n) is 1.90. The van der Waals surface area contributed by atoms with Crippen molar-refractivity contribution in [3.63, 3.8) is 0 Å². The van der Waals surface area contributed by atoms with E-state index in [0.717, 1.165) is 13.0 Å². The molecule has 1 saturated heterocycles. The number of nitrogens with one attached hydrogen (secondary N) is 2. The number of nitrogens with zero attached hydrogens (tertiary/aromatic N) is 2. The standard InChI is InChI=1S/C11H17N5O2/c1-7-8(2-3-18-7)4-14-11(17)9-5-13-6-10(15-9)16-12/h5-8H,2-4,12H2,1H3,(H,14,17)(H,15,16). The molecule has 0 aliphatic carbocycles. The maximum atomic E-state index is 11.9. The number of carbonyl (C=O) groups is 1. The second-order valence-corrected chi connectivity index (χ2v) is 4.27. The minimum Gasteiger partial charge on any atom is -0.378 e. The van der Waals surface area contributed by atoms with Crippen LogP contribution in [0.4, 0.5) is 5.82 Å². The van der Waals surface area contributed by atoms with Gasteiger partial charge < -0.3 is 15.5 Å². The van der Waals surface area contributed by atoms with Crippen LogP contribution >= 0.6 is 0 Å². The normalized spacial score (nSPS) is 22.8. The van der Waals surface area contributed by atoms with Gasteiger partial charge in [-0.2, -0.15) is 0 Å². The maximum Gasteiger partial charge on any atom is 0.271 e. The second kappa shape index (κ2) is 5.74. The van der Waals surface area contributed by atoms with Crippen molar-refractivity contribution in [2.45, 2.75) is 19.4 Å². The van der Waals surface area contributed by atoms with Crippen LogP contribution in [0.2, 0.25) is 0 Å². The molecule has 0 bridgehead atoms. The van der Waals surface area contributed by atoms with E-state index in [0.29, 0.717) is 18.3 Å². The van der Waals surface area contributed by atoms with Crippen molar-refractivity contribution in [3.05, 3.63) is 18.1 Å². The smallest absolute Gasteiger partial charge is 0.271 e. The van der Waals surface area contributed by atoms with Crippen molar-refractivity contribution < 1.29 is 9.53 Å². The lowest BCUT2D eigenvalue weighted by Gasteiger charge is -2.14. The summed E-state index contributed by atoms with van der Waals surface area (Å²) in [5.74, 6) is 5.68. The van der Waals surface area contributed by atoms with Crippen LogP contribution in [0.25, 0.3) is 0 Å². The SMILES string of the molecule is CC1OCCC1CNC(=O)c1cncc(NN)n1. The van der Waals surface area contributed by atoms with Crippen LogP contribution in [0.15, 0.2) is 12.4 Å². The van der Waals surface area contributed by atoms with Crippen molar-refractivity contribution >= 4 is 11.7 Å².